The molecule has 1 atom stereocenters. The van der Waals surface area contributed by atoms with Gasteiger partial charge in [-0.05, 0) is 31.4 Å². The normalized spacial score (nSPS) is 23.2. The fourth-order valence-corrected chi connectivity index (χ4v) is 4.48. The van der Waals surface area contributed by atoms with E-state index in [1.54, 1.807) is 17.3 Å². The Morgan fingerprint density at radius 2 is 2.04 bits per heavy atom. The van der Waals surface area contributed by atoms with Crippen LogP contribution < -0.4 is 0 Å². The van der Waals surface area contributed by atoms with Gasteiger partial charge in [-0.25, -0.2) is 0 Å². The molecule has 1 aromatic heterocycles. The van der Waals surface area contributed by atoms with Gasteiger partial charge in [0, 0.05) is 50.4 Å². The number of likely N-dealkylation sites (tertiary alicyclic amines) is 2. The summed E-state index contributed by atoms with van der Waals surface area (Å²) in [6.45, 7) is 2.31. The standard InChI is InChI=1S/C20H24N4O3/c25-12-11-23-13-20(7-5-17(23)26)6-2-10-24(14-20)19(27)15-3-1-4-16-18(15)22-9-8-21-16/h1,3-4,8-9,25H,2,5-7,10-14H2/t20-/m1/s1. The first kappa shape index (κ1) is 17.9. The van der Waals surface area contributed by atoms with Gasteiger partial charge < -0.3 is 14.9 Å². The van der Waals surface area contributed by atoms with Crippen molar-refractivity contribution in [1.82, 2.24) is 19.8 Å². The molecule has 0 unspecified atom stereocenters. The lowest BCUT2D eigenvalue weighted by molar-refractivity contribution is -0.139. The summed E-state index contributed by atoms with van der Waals surface area (Å²) in [7, 11) is 0. The van der Waals surface area contributed by atoms with Crippen LogP contribution in [0.15, 0.2) is 30.6 Å². The molecule has 1 aromatic carbocycles. The number of aromatic nitrogens is 2. The number of amides is 2. The number of carbonyl (C=O) groups is 2. The molecule has 142 valence electrons. The zero-order valence-corrected chi connectivity index (χ0v) is 15.3. The minimum atomic E-state index is -0.0761. The number of carbonyl (C=O) groups excluding carboxylic acids is 2. The second kappa shape index (κ2) is 7.23. The maximum Gasteiger partial charge on any atom is 0.256 e. The van der Waals surface area contributed by atoms with E-state index in [1.165, 1.54) is 0 Å². The molecule has 7 heteroatoms. The third kappa shape index (κ3) is 3.39. The molecule has 2 aromatic rings. The molecule has 0 aliphatic carbocycles. The Hall–Kier alpha value is -2.54. The SMILES string of the molecule is O=C1CC[C@]2(CCCN(C(=O)c3cccc4nccnc34)C2)CN1CCO. The number of piperidine rings is 2. The highest BCUT2D eigenvalue weighted by Crippen LogP contribution is 2.39. The summed E-state index contributed by atoms with van der Waals surface area (Å²) in [5, 5.41) is 9.24. The zero-order valence-electron chi connectivity index (χ0n) is 15.3. The molecule has 2 saturated heterocycles. The number of fused-ring (bicyclic) bond motifs is 1. The van der Waals surface area contributed by atoms with Gasteiger partial charge in [-0.15, -0.1) is 0 Å². The minimum absolute atomic E-state index is 0.0224. The van der Waals surface area contributed by atoms with Crippen molar-refractivity contribution in [3.05, 3.63) is 36.2 Å². The molecule has 2 aliphatic heterocycles. The van der Waals surface area contributed by atoms with E-state index in [0.717, 1.165) is 19.3 Å². The maximum absolute atomic E-state index is 13.2. The van der Waals surface area contributed by atoms with Crippen LogP contribution in [-0.4, -0.2) is 69.5 Å². The highest BCUT2D eigenvalue weighted by atomic mass is 16.3. The zero-order chi connectivity index (χ0) is 18.9. The van der Waals surface area contributed by atoms with Crippen LogP contribution in [0.1, 0.15) is 36.0 Å². The highest BCUT2D eigenvalue weighted by molar-refractivity contribution is 6.04. The van der Waals surface area contributed by atoms with Crippen LogP contribution in [0.5, 0.6) is 0 Å². The fourth-order valence-electron chi connectivity index (χ4n) is 4.48. The van der Waals surface area contributed by atoms with E-state index >= 15 is 0 Å². The average Bonchev–Trinajstić information content (AvgIpc) is 2.70. The third-order valence-electron chi connectivity index (χ3n) is 5.80. The smallest absolute Gasteiger partial charge is 0.256 e. The lowest BCUT2D eigenvalue weighted by Gasteiger charge is -2.48. The number of rotatable bonds is 3. The number of hydrogen-bond acceptors (Lipinski definition) is 5. The Morgan fingerprint density at radius 3 is 2.89 bits per heavy atom. The quantitative estimate of drug-likeness (QED) is 0.886. The largest absolute Gasteiger partial charge is 0.395 e. The van der Waals surface area contributed by atoms with Gasteiger partial charge in [-0.3, -0.25) is 19.6 Å². The lowest BCUT2D eigenvalue weighted by Crippen LogP contribution is -2.55. The van der Waals surface area contributed by atoms with Crippen LogP contribution >= 0.6 is 0 Å². The van der Waals surface area contributed by atoms with Crippen molar-refractivity contribution in [1.29, 1.82) is 0 Å². The Bertz CT molecular complexity index is 866. The highest BCUT2D eigenvalue weighted by Gasteiger charge is 2.42. The van der Waals surface area contributed by atoms with Crippen LogP contribution in [-0.2, 0) is 4.79 Å². The Morgan fingerprint density at radius 1 is 1.19 bits per heavy atom. The van der Waals surface area contributed by atoms with Crippen molar-refractivity contribution in [2.45, 2.75) is 25.7 Å². The number of nitrogens with zero attached hydrogens (tertiary/aromatic N) is 4. The first-order valence-corrected chi connectivity index (χ1v) is 9.50. The van der Waals surface area contributed by atoms with E-state index < -0.39 is 0 Å². The molecule has 0 bridgehead atoms. The first-order valence-electron chi connectivity index (χ1n) is 9.50. The summed E-state index contributed by atoms with van der Waals surface area (Å²) in [5.74, 6) is 0.0771. The summed E-state index contributed by atoms with van der Waals surface area (Å²) in [6.07, 6.45) is 6.44. The molecule has 7 nitrogen and oxygen atoms in total. The van der Waals surface area contributed by atoms with Crippen molar-refractivity contribution < 1.29 is 14.7 Å². The van der Waals surface area contributed by atoms with Crippen molar-refractivity contribution in [2.24, 2.45) is 5.41 Å². The number of aliphatic hydroxyl groups excluding tert-OH is 1. The molecule has 0 radical (unpaired) electrons. The third-order valence-corrected chi connectivity index (χ3v) is 5.80. The van der Waals surface area contributed by atoms with Gasteiger partial charge in [0.2, 0.25) is 5.91 Å². The molecule has 1 N–H and O–H groups in total. The topological polar surface area (TPSA) is 86.6 Å². The van der Waals surface area contributed by atoms with Gasteiger partial charge in [0.05, 0.1) is 17.7 Å². The first-order chi connectivity index (χ1) is 13.1. The molecule has 27 heavy (non-hydrogen) atoms. The Balaban J connectivity index is 1.57. The monoisotopic (exact) mass is 368 g/mol. The average molecular weight is 368 g/mol. The minimum Gasteiger partial charge on any atom is -0.395 e. The summed E-state index contributed by atoms with van der Waals surface area (Å²) in [6, 6.07) is 5.51. The summed E-state index contributed by atoms with van der Waals surface area (Å²) < 4.78 is 0. The van der Waals surface area contributed by atoms with E-state index in [4.69, 9.17) is 0 Å². The van der Waals surface area contributed by atoms with Gasteiger partial charge in [-0.1, -0.05) is 6.07 Å². The Labute approximate surface area is 158 Å². The second-order valence-corrected chi connectivity index (χ2v) is 7.60. The summed E-state index contributed by atoms with van der Waals surface area (Å²) in [5.41, 5.74) is 1.85. The van der Waals surface area contributed by atoms with E-state index in [0.29, 0.717) is 49.2 Å². The van der Waals surface area contributed by atoms with E-state index in [1.807, 2.05) is 23.1 Å². The van der Waals surface area contributed by atoms with Gasteiger partial charge >= 0.3 is 0 Å². The molecular weight excluding hydrogens is 344 g/mol. The van der Waals surface area contributed by atoms with Crippen LogP contribution in [0, 0.1) is 5.41 Å². The van der Waals surface area contributed by atoms with E-state index in [-0.39, 0.29) is 23.8 Å². The predicted octanol–water partition coefficient (Wildman–Crippen LogP) is 1.47. The summed E-state index contributed by atoms with van der Waals surface area (Å²) >= 11 is 0. The molecule has 2 aliphatic rings. The predicted molar refractivity (Wildman–Crippen MR) is 100 cm³/mol. The van der Waals surface area contributed by atoms with Crippen LogP contribution in [0.4, 0.5) is 0 Å². The van der Waals surface area contributed by atoms with Crippen molar-refractivity contribution in [2.75, 3.05) is 32.8 Å². The van der Waals surface area contributed by atoms with Crippen LogP contribution in [0.2, 0.25) is 0 Å². The van der Waals surface area contributed by atoms with Crippen molar-refractivity contribution in [3.63, 3.8) is 0 Å². The van der Waals surface area contributed by atoms with Gasteiger partial charge in [0.15, 0.2) is 0 Å². The van der Waals surface area contributed by atoms with Gasteiger partial charge in [0.1, 0.15) is 5.52 Å². The molecular formula is C20H24N4O3. The number of para-hydroxylation sites is 1. The molecule has 1 spiro atoms. The molecule has 4 rings (SSSR count). The van der Waals surface area contributed by atoms with Gasteiger partial charge in [-0.2, -0.15) is 0 Å². The summed E-state index contributed by atoms with van der Waals surface area (Å²) in [4.78, 5) is 37.7. The number of hydrogen-bond donors (Lipinski definition) is 1. The van der Waals surface area contributed by atoms with Crippen LogP contribution in [0.3, 0.4) is 0 Å². The Kier molecular flexibility index (Phi) is 4.78. The number of benzene rings is 1. The van der Waals surface area contributed by atoms with Crippen LogP contribution in [0.25, 0.3) is 11.0 Å². The second-order valence-electron chi connectivity index (χ2n) is 7.60. The molecule has 2 fully saturated rings. The maximum atomic E-state index is 13.2. The van der Waals surface area contributed by atoms with E-state index in [2.05, 4.69) is 9.97 Å². The van der Waals surface area contributed by atoms with Crippen molar-refractivity contribution >= 4 is 22.8 Å². The molecule has 0 saturated carbocycles. The lowest BCUT2D eigenvalue weighted by atomic mass is 9.73. The molecule has 2 amide bonds. The van der Waals surface area contributed by atoms with Crippen molar-refractivity contribution in [3.8, 4) is 0 Å². The fraction of sp³-hybridized carbons (Fsp3) is 0.500. The molecule has 3 heterocycles. The number of β-amino-alcohol motifs (C(OH)–C–C–N with tert-alkyl or cyclic N) is 1. The van der Waals surface area contributed by atoms with Gasteiger partial charge in [0.25, 0.3) is 5.91 Å². The van der Waals surface area contributed by atoms with E-state index in [9.17, 15) is 14.7 Å². The number of aliphatic hydroxyl groups is 1.